The van der Waals surface area contributed by atoms with E-state index < -0.39 is 0 Å². The van der Waals surface area contributed by atoms with Crippen molar-refractivity contribution in [3.63, 3.8) is 0 Å². The number of pyridine rings is 1. The fourth-order valence-corrected chi connectivity index (χ4v) is 2.29. The normalized spacial score (nSPS) is 10.8. The predicted octanol–water partition coefficient (Wildman–Crippen LogP) is 4.66. The van der Waals surface area contributed by atoms with Crippen molar-refractivity contribution in [1.29, 1.82) is 0 Å². The second-order valence-corrected chi connectivity index (χ2v) is 5.28. The molecule has 0 fully saturated rings. The molecule has 0 aliphatic carbocycles. The summed E-state index contributed by atoms with van der Waals surface area (Å²) in [5.41, 5.74) is 8.30. The maximum Gasteiger partial charge on any atom is 0.126 e. The Morgan fingerprint density at radius 1 is 1.00 bits per heavy atom. The number of aromatic nitrogens is 1. The van der Waals surface area contributed by atoms with Crippen LogP contribution in [0, 0.1) is 6.92 Å². The van der Waals surface area contributed by atoms with E-state index in [-0.39, 0.29) is 0 Å². The van der Waals surface area contributed by atoms with Crippen LogP contribution in [0.2, 0.25) is 0 Å². The van der Waals surface area contributed by atoms with Crippen LogP contribution in [0.5, 0.6) is 0 Å². The molecule has 0 radical (unpaired) electrons. The highest BCUT2D eigenvalue weighted by Gasteiger charge is 2.00. The van der Waals surface area contributed by atoms with Gasteiger partial charge in [-0.2, -0.15) is 0 Å². The maximum absolute atomic E-state index is 5.87. The summed E-state index contributed by atoms with van der Waals surface area (Å²) in [5, 5.41) is 0. The molecule has 1 rings (SSSR count). The Kier molecular flexibility index (Phi) is 7.47. The molecule has 0 atom stereocenters. The summed E-state index contributed by atoms with van der Waals surface area (Å²) in [6.45, 7) is 4.34. The quantitative estimate of drug-likeness (QED) is 0.646. The van der Waals surface area contributed by atoms with Crippen molar-refractivity contribution in [2.45, 2.75) is 71.6 Å². The number of unbranched alkanes of at least 4 members (excludes halogenated alkanes) is 7. The Hall–Kier alpha value is -1.05. The van der Waals surface area contributed by atoms with Crippen LogP contribution >= 0.6 is 0 Å². The monoisotopic (exact) mass is 248 g/mol. The Labute approximate surface area is 112 Å². The summed E-state index contributed by atoms with van der Waals surface area (Å²) in [6, 6.07) is 2.17. The second kappa shape index (κ2) is 8.96. The molecule has 0 aromatic carbocycles. The van der Waals surface area contributed by atoms with E-state index in [1.165, 1.54) is 62.5 Å². The molecule has 0 unspecified atom stereocenters. The average Bonchev–Trinajstić information content (AvgIpc) is 2.36. The van der Waals surface area contributed by atoms with Crippen LogP contribution in [0.4, 0.5) is 5.82 Å². The summed E-state index contributed by atoms with van der Waals surface area (Å²) >= 11 is 0. The van der Waals surface area contributed by atoms with Crippen LogP contribution in [0.3, 0.4) is 0 Å². The van der Waals surface area contributed by atoms with Gasteiger partial charge in [-0.3, -0.25) is 0 Å². The van der Waals surface area contributed by atoms with Crippen LogP contribution in [-0.4, -0.2) is 4.98 Å². The summed E-state index contributed by atoms with van der Waals surface area (Å²) in [7, 11) is 0. The van der Waals surface area contributed by atoms with E-state index >= 15 is 0 Å². The second-order valence-electron chi connectivity index (χ2n) is 5.28. The van der Waals surface area contributed by atoms with Crippen molar-refractivity contribution in [2.75, 3.05) is 5.73 Å². The van der Waals surface area contributed by atoms with Crippen LogP contribution in [-0.2, 0) is 6.42 Å². The molecule has 1 aromatic rings. The van der Waals surface area contributed by atoms with Gasteiger partial charge in [-0.05, 0) is 30.9 Å². The van der Waals surface area contributed by atoms with Gasteiger partial charge in [0, 0.05) is 6.20 Å². The molecule has 0 saturated heterocycles. The van der Waals surface area contributed by atoms with Crippen molar-refractivity contribution in [3.8, 4) is 0 Å². The van der Waals surface area contributed by atoms with Crippen molar-refractivity contribution in [3.05, 3.63) is 23.4 Å². The first-order valence-electron chi connectivity index (χ1n) is 7.45. The lowest BCUT2D eigenvalue weighted by Crippen LogP contribution is -1.98. The zero-order valence-corrected chi connectivity index (χ0v) is 12.0. The van der Waals surface area contributed by atoms with Gasteiger partial charge in [0.1, 0.15) is 5.82 Å². The lowest BCUT2D eigenvalue weighted by molar-refractivity contribution is 0.575. The summed E-state index contributed by atoms with van der Waals surface area (Å²) in [4.78, 5) is 4.21. The molecule has 0 bridgehead atoms. The largest absolute Gasteiger partial charge is 0.383 e. The fourth-order valence-electron chi connectivity index (χ4n) is 2.29. The number of nitrogens with two attached hydrogens (primary N) is 1. The third-order valence-electron chi connectivity index (χ3n) is 3.44. The predicted molar refractivity (Wildman–Crippen MR) is 79.7 cm³/mol. The Bertz CT molecular complexity index is 334. The topological polar surface area (TPSA) is 38.9 Å². The number of hydrogen-bond acceptors (Lipinski definition) is 2. The van der Waals surface area contributed by atoms with E-state index in [0.29, 0.717) is 5.82 Å². The first-order valence-corrected chi connectivity index (χ1v) is 7.45. The number of nitrogen functional groups attached to an aromatic ring is 1. The maximum atomic E-state index is 5.87. The SMILES string of the molecule is CCCCCCCCCCc1cc(C)cnc1N. The molecule has 1 heterocycles. The van der Waals surface area contributed by atoms with Crippen LogP contribution in [0.1, 0.15) is 69.4 Å². The Morgan fingerprint density at radius 2 is 1.61 bits per heavy atom. The molecular formula is C16H28N2. The molecule has 18 heavy (non-hydrogen) atoms. The number of aryl methyl sites for hydroxylation is 2. The van der Waals surface area contributed by atoms with Gasteiger partial charge in [0.2, 0.25) is 0 Å². The van der Waals surface area contributed by atoms with Gasteiger partial charge in [-0.1, -0.05) is 57.9 Å². The standard InChI is InChI=1S/C16H28N2/c1-3-4-5-6-7-8-9-10-11-15-12-14(2)13-18-16(15)17/h12-13H,3-11H2,1-2H3,(H2,17,18). The molecule has 2 heteroatoms. The smallest absolute Gasteiger partial charge is 0.126 e. The number of rotatable bonds is 9. The molecule has 1 aromatic heterocycles. The third kappa shape index (κ3) is 6.04. The van der Waals surface area contributed by atoms with Crippen molar-refractivity contribution in [2.24, 2.45) is 0 Å². The molecule has 102 valence electrons. The van der Waals surface area contributed by atoms with Crippen molar-refractivity contribution in [1.82, 2.24) is 4.98 Å². The zero-order valence-electron chi connectivity index (χ0n) is 12.0. The molecule has 0 aliphatic heterocycles. The highest BCUT2D eigenvalue weighted by atomic mass is 14.8. The van der Waals surface area contributed by atoms with E-state index in [4.69, 9.17) is 5.73 Å². The molecule has 0 saturated carbocycles. The van der Waals surface area contributed by atoms with Gasteiger partial charge in [-0.25, -0.2) is 4.98 Å². The molecular weight excluding hydrogens is 220 g/mol. The van der Waals surface area contributed by atoms with E-state index in [0.717, 1.165) is 6.42 Å². The first kappa shape index (κ1) is 15.0. The van der Waals surface area contributed by atoms with Gasteiger partial charge in [0.15, 0.2) is 0 Å². The van der Waals surface area contributed by atoms with E-state index in [1.54, 1.807) is 0 Å². The minimum atomic E-state index is 0.712. The van der Waals surface area contributed by atoms with Crippen molar-refractivity contribution < 1.29 is 0 Å². The van der Waals surface area contributed by atoms with Crippen molar-refractivity contribution >= 4 is 5.82 Å². The first-order chi connectivity index (χ1) is 8.74. The fraction of sp³-hybridized carbons (Fsp3) is 0.688. The third-order valence-corrected chi connectivity index (χ3v) is 3.44. The minimum absolute atomic E-state index is 0.712. The number of hydrogen-bond donors (Lipinski definition) is 1. The van der Waals surface area contributed by atoms with Gasteiger partial charge in [0.05, 0.1) is 0 Å². The molecule has 0 amide bonds. The summed E-state index contributed by atoms with van der Waals surface area (Å²) in [5.74, 6) is 0.712. The summed E-state index contributed by atoms with van der Waals surface area (Å²) < 4.78 is 0. The molecule has 0 aliphatic rings. The molecule has 2 N–H and O–H groups in total. The van der Waals surface area contributed by atoms with Crippen LogP contribution < -0.4 is 5.73 Å². The van der Waals surface area contributed by atoms with Crippen LogP contribution in [0.25, 0.3) is 0 Å². The van der Waals surface area contributed by atoms with E-state index in [9.17, 15) is 0 Å². The highest BCUT2D eigenvalue weighted by Crippen LogP contribution is 2.15. The minimum Gasteiger partial charge on any atom is -0.383 e. The van der Waals surface area contributed by atoms with Gasteiger partial charge in [0.25, 0.3) is 0 Å². The summed E-state index contributed by atoms with van der Waals surface area (Å²) in [6.07, 6.45) is 13.8. The molecule has 0 spiro atoms. The average molecular weight is 248 g/mol. The van der Waals surface area contributed by atoms with Gasteiger partial charge >= 0.3 is 0 Å². The molecule has 2 nitrogen and oxygen atoms in total. The lowest BCUT2D eigenvalue weighted by Gasteiger charge is -2.06. The van der Waals surface area contributed by atoms with E-state index in [1.807, 2.05) is 6.20 Å². The zero-order chi connectivity index (χ0) is 13.2. The van der Waals surface area contributed by atoms with Gasteiger partial charge < -0.3 is 5.73 Å². The Morgan fingerprint density at radius 3 is 2.28 bits per heavy atom. The number of nitrogens with zero attached hydrogens (tertiary/aromatic N) is 1. The highest BCUT2D eigenvalue weighted by molar-refractivity contribution is 5.40. The van der Waals surface area contributed by atoms with Crippen LogP contribution in [0.15, 0.2) is 12.3 Å². The van der Waals surface area contributed by atoms with Gasteiger partial charge in [-0.15, -0.1) is 0 Å². The Balaban J connectivity index is 2.09. The van der Waals surface area contributed by atoms with E-state index in [2.05, 4.69) is 24.9 Å². The number of anilines is 1. The lowest BCUT2D eigenvalue weighted by atomic mass is 10.0.